The maximum Gasteiger partial charge on any atom is 0.223 e. The van der Waals surface area contributed by atoms with Crippen molar-refractivity contribution in [2.75, 3.05) is 5.32 Å². The highest BCUT2D eigenvalue weighted by Gasteiger charge is 2.32. The third-order valence-corrected chi connectivity index (χ3v) is 7.01. The van der Waals surface area contributed by atoms with E-state index in [2.05, 4.69) is 25.6 Å². The molecule has 3 aliphatic rings. The predicted molar refractivity (Wildman–Crippen MR) is 123 cm³/mol. The Hall–Kier alpha value is -3.09. The monoisotopic (exact) mass is 431 g/mol. The number of carbonyl (C=O) groups excluding carboxylic acids is 1. The molecular formula is C25H29N5O2. The number of rotatable bonds is 6. The number of aromatic nitrogens is 3. The van der Waals surface area contributed by atoms with Crippen LogP contribution < -0.4 is 15.4 Å². The minimum atomic E-state index is 0.00754. The molecule has 2 fully saturated rings. The van der Waals surface area contributed by atoms with Gasteiger partial charge in [0.05, 0.1) is 17.2 Å². The van der Waals surface area contributed by atoms with Gasteiger partial charge in [-0.05, 0) is 75.5 Å². The first kappa shape index (κ1) is 19.6. The van der Waals surface area contributed by atoms with Crippen molar-refractivity contribution in [3.05, 3.63) is 41.9 Å². The van der Waals surface area contributed by atoms with Crippen LogP contribution in [0.1, 0.15) is 56.2 Å². The number of aromatic amines is 1. The maximum atomic E-state index is 12.7. The van der Waals surface area contributed by atoms with Crippen LogP contribution >= 0.6 is 0 Å². The molecule has 1 unspecified atom stereocenters. The molecular weight excluding hydrogens is 402 g/mol. The van der Waals surface area contributed by atoms with Gasteiger partial charge in [0.1, 0.15) is 23.5 Å². The van der Waals surface area contributed by atoms with Gasteiger partial charge in [-0.25, -0.2) is 9.97 Å². The van der Waals surface area contributed by atoms with Crippen LogP contribution in [0.5, 0.6) is 5.75 Å². The first-order valence-corrected chi connectivity index (χ1v) is 11.9. The highest BCUT2D eigenvalue weighted by molar-refractivity contribution is 5.94. The zero-order valence-electron chi connectivity index (χ0n) is 18.2. The molecule has 2 heterocycles. The number of H-pyrrole nitrogens is 1. The lowest BCUT2D eigenvalue weighted by atomic mass is 9.86. The molecule has 7 heteroatoms. The zero-order valence-corrected chi connectivity index (χ0v) is 18.2. The van der Waals surface area contributed by atoms with Crippen LogP contribution in [0.25, 0.3) is 11.0 Å². The quantitative estimate of drug-likeness (QED) is 0.538. The van der Waals surface area contributed by atoms with Gasteiger partial charge in [0, 0.05) is 17.7 Å². The maximum absolute atomic E-state index is 12.7. The lowest BCUT2D eigenvalue weighted by molar-refractivity contribution is -0.125. The number of nitrogens with zero attached hydrogens (tertiary/aromatic N) is 2. The Morgan fingerprint density at radius 1 is 1.06 bits per heavy atom. The van der Waals surface area contributed by atoms with E-state index in [1.165, 1.54) is 24.1 Å². The summed E-state index contributed by atoms with van der Waals surface area (Å²) in [5, 5.41) is 7.68. The number of aryl methyl sites for hydroxylation is 1. The second-order valence-electron chi connectivity index (χ2n) is 9.40. The molecule has 166 valence electrons. The molecule has 2 aromatic heterocycles. The van der Waals surface area contributed by atoms with Crippen molar-refractivity contribution < 1.29 is 9.53 Å². The molecule has 2 saturated carbocycles. The Labute approximate surface area is 187 Å². The van der Waals surface area contributed by atoms with Gasteiger partial charge in [-0.3, -0.25) is 4.79 Å². The number of fused-ring (bicyclic) bond motifs is 3. The SMILES string of the molecule is O=C(NC1CC1)C1CCc2[nH]c3ncnc(Nc4ccccc4OC4CCCC4)c3c2C1. The Morgan fingerprint density at radius 2 is 1.91 bits per heavy atom. The van der Waals surface area contributed by atoms with E-state index in [0.29, 0.717) is 6.04 Å². The second kappa shape index (κ2) is 8.11. The van der Waals surface area contributed by atoms with E-state index in [-0.39, 0.29) is 17.9 Å². The van der Waals surface area contributed by atoms with Crippen molar-refractivity contribution in [1.29, 1.82) is 0 Å². The molecule has 6 rings (SSSR count). The van der Waals surface area contributed by atoms with Gasteiger partial charge in [-0.1, -0.05) is 12.1 Å². The van der Waals surface area contributed by atoms with Gasteiger partial charge in [-0.2, -0.15) is 0 Å². The summed E-state index contributed by atoms with van der Waals surface area (Å²) in [6, 6.07) is 8.45. The molecule has 0 radical (unpaired) electrons. The molecule has 0 saturated heterocycles. The number of anilines is 2. The van der Waals surface area contributed by atoms with Crippen molar-refractivity contribution in [3.63, 3.8) is 0 Å². The third-order valence-electron chi connectivity index (χ3n) is 7.01. The van der Waals surface area contributed by atoms with Gasteiger partial charge in [0.2, 0.25) is 5.91 Å². The zero-order chi connectivity index (χ0) is 21.5. The van der Waals surface area contributed by atoms with E-state index < -0.39 is 0 Å². The van der Waals surface area contributed by atoms with Crippen LogP contribution in [0.4, 0.5) is 11.5 Å². The molecule has 3 aliphatic carbocycles. The minimum Gasteiger partial charge on any atom is -0.488 e. The molecule has 3 N–H and O–H groups in total. The van der Waals surface area contributed by atoms with E-state index in [4.69, 9.17) is 4.74 Å². The van der Waals surface area contributed by atoms with Crippen LogP contribution in [0.2, 0.25) is 0 Å². The lowest BCUT2D eigenvalue weighted by Crippen LogP contribution is -2.35. The standard InChI is InChI=1S/C25H29N5O2/c31-25(28-16-10-11-16)15-9-12-19-18(13-15)22-23(29-19)26-14-27-24(22)30-20-7-3-4-8-21(20)32-17-5-1-2-6-17/h3-4,7-8,14-17H,1-2,5-6,9-13H2,(H,28,31)(H2,26,27,29,30). The van der Waals surface area contributed by atoms with E-state index in [0.717, 1.165) is 73.2 Å². The first-order chi connectivity index (χ1) is 15.7. The predicted octanol–water partition coefficient (Wildman–Crippen LogP) is 4.41. The summed E-state index contributed by atoms with van der Waals surface area (Å²) < 4.78 is 6.31. The summed E-state index contributed by atoms with van der Waals surface area (Å²) in [6.07, 6.45) is 11.2. The van der Waals surface area contributed by atoms with Crippen LogP contribution in [0, 0.1) is 5.92 Å². The minimum absolute atomic E-state index is 0.00754. The summed E-state index contributed by atoms with van der Waals surface area (Å²) in [7, 11) is 0. The largest absolute Gasteiger partial charge is 0.488 e. The van der Waals surface area contributed by atoms with Crippen LogP contribution in [0.15, 0.2) is 30.6 Å². The fourth-order valence-electron chi connectivity index (χ4n) is 5.09. The summed E-state index contributed by atoms with van der Waals surface area (Å²) >= 11 is 0. The molecule has 3 aromatic rings. The van der Waals surface area contributed by atoms with Gasteiger partial charge in [0.25, 0.3) is 0 Å². The van der Waals surface area contributed by atoms with Gasteiger partial charge >= 0.3 is 0 Å². The van der Waals surface area contributed by atoms with Crippen molar-refractivity contribution >= 4 is 28.4 Å². The highest BCUT2D eigenvalue weighted by Crippen LogP contribution is 2.37. The fraction of sp³-hybridized carbons (Fsp3) is 0.480. The van der Waals surface area contributed by atoms with E-state index in [1.807, 2.05) is 24.3 Å². The number of carbonyl (C=O) groups is 1. The summed E-state index contributed by atoms with van der Waals surface area (Å²) in [5.74, 6) is 1.82. The smallest absolute Gasteiger partial charge is 0.223 e. The van der Waals surface area contributed by atoms with Gasteiger partial charge in [0.15, 0.2) is 0 Å². The molecule has 7 nitrogen and oxygen atoms in total. The summed E-state index contributed by atoms with van der Waals surface area (Å²) in [5.41, 5.74) is 4.08. The lowest BCUT2D eigenvalue weighted by Gasteiger charge is -2.22. The molecule has 0 aliphatic heterocycles. The van der Waals surface area contributed by atoms with Crippen molar-refractivity contribution in [1.82, 2.24) is 20.3 Å². The topological polar surface area (TPSA) is 91.9 Å². The Morgan fingerprint density at radius 3 is 2.75 bits per heavy atom. The normalized spacial score (nSPS) is 20.8. The Bertz CT molecular complexity index is 1150. The van der Waals surface area contributed by atoms with Crippen molar-refractivity contribution in [2.45, 2.75) is 69.9 Å². The van der Waals surface area contributed by atoms with E-state index in [1.54, 1.807) is 6.33 Å². The number of hydrogen-bond acceptors (Lipinski definition) is 5. The molecule has 1 aromatic carbocycles. The Kier molecular flexibility index (Phi) is 4.97. The molecule has 32 heavy (non-hydrogen) atoms. The number of ether oxygens (including phenoxy) is 1. The first-order valence-electron chi connectivity index (χ1n) is 11.9. The molecule has 1 amide bonds. The van der Waals surface area contributed by atoms with E-state index >= 15 is 0 Å². The molecule has 0 bridgehead atoms. The van der Waals surface area contributed by atoms with Crippen molar-refractivity contribution in [3.8, 4) is 5.75 Å². The number of amides is 1. The van der Waals surface area contributed by atoms with E-state index in [9.17, 15) is 4.79 Å². The second-order valence-corrected chi connectivity index (χ2v) is 9.40. The number of nitrogens with one attached hydrogen (secondary N) is 3. The van der Waals surface area contributed by atoms with Crippen LogP contribution in [-0.4, -0.2) is 33.0 Å². The number of para-hydroxylation sites is 2. The average molecular weight is 432 g/mol. The van der Waals surface area contributed by atoms with Crippen molar-refractivity contribution in [2.24, 2.45) is 5.92 Å². The highest BCUT2D eigenvalue weighted by atomic mass is 16.5. The Balaban J connectivity index is 1.30. The summed E-state index contributed by atoms with van der Waals surface area (Å²) in [4.78, 5) is 25.3. The molecule has 1 atom stereocenters. The van der Waals surface area contributed by atoms with Crippen LogP contribution in [0.3, 0.4) is 0 Å². The summed E-state index contributed by atoms with van der Waals surface area (Å²) in [6.45, 7) is 0. The van der Waals surface area contributed by atoms with Gasteiger partial charge < -0.3 is 20.4 Å². The van der Waals surface area contributed by atoms with Crippen LogP contribution in [-0.2, 0) is 17.6 Å². The fourth-order valence-corrected chi connectivity index (χ4v) is 5.09. The third kappa shape index (κ3) is 3.80. The average Bonchev–Trinajstić information content (AvgIpc) is 3.31. The number of benzene rings is 1. The number of hydrogen-bond donors (Lipinski definition) is 3. The molecule has 0 spiro atoms. The van der Waals surface area contributed by atoms with Gasteiger partial charge in [-0.15, -0.1) is 0 Å².